The summed E-state index contributed by atoms with van der Waals surface area (Å²) >= 11 is 2.00. The highest BCUT2D eigenvalue weighted by atomic mass is 32.2. The number of rotatable bonds is 10. The van der Waals surface area contributed by atoms with Crippen LogP contribution >= 0.6 is 11.8 Å². The first-order valence-corrected chi connectivity index (χ1v) is 8.71. The quantitative estimate of drug-likeness (QED) is 0.643. The Morgan fingerprint density at radius 2 is 1.90 bits per heavy atom. The van der Waals surface area contributed by atoms with E-state index in [-0.39, 0.29) is 12.1 Å². The van der Waals surface area contributed by atoms with E-state index >= 15 is 0 Å². The van der Waals surface area contributed by atoms with Crippen molar-refractivity contribution in [1.29, 1.82) is 0 Å². The number of hydrogen-bond donors (Lipinski definition) is 2. The lowest BCUT2D eigenvalue weighted by molar-refractivity contribution is 0.154. The molecule has 0 aromatic heterocycles. The van der Waals surface area contributed by atoms with Crippen molar-refractivity contribution in [2.45, 2.75) is 57.4 Å². The SMILES string of the molecule is CC(C)NC(C)(CO)CCCCSCc1ccccc1. The molecule has 114 valence electrons. The standard InChI is InChI=1S/C17H29NOS/c1-15(2)18-17(3,14-19)11-7-8-12-20-13-16-9-5-4-6-10-16/h4-6,9-10,15,18-19H,7-8,11-14H2,1-3H3. The van der Waals surface area contributed by atoms with Gasteiger partial charge in [0.05, 0.1) is 6.61 Å². The third-order valence-electron chi connectivity index (χ3n) is 3.36. The highest BCUT2D eigenvalue weighted by Gasteiger charge is 2.22. The van der Waals surface area contributed by atoms with E-state index in [0.29, 0.717) is 6.04 Å². The van der Waals surface area contributed by atoms with Crippen LogP contribution in [0.4, 0.5) is 0 Å². The van der Waals surface area contributed by atoms with E-state index in [1.807, 2.05) is 11.8 Å². The molecule has 0 saturated carbocycles. The van der Waals surface area contributed by atoms with Gasteiger partial charge < -0.3 is 10.4 Å². The highest BCUT2D eigenvalue weighted by Crippen LogP contribution is 2.18. The lowest BCUT2D eigenvalue weighted by Gasteiger charge is -2.31. The van der Waals surface area contributed by atoms with Crippen LogP contribution in [-0.2, 0) is 5.75 Å². The molecule has 1 aromatic carbocycles. The van der Waals surface area contributed by atoms with Gasteiger partial charge in [0.15, 0.2) is 0 Å². The molecule has 0 fully saturated rings. The Labute approximate surface area is 128 Å². The van der Waals surface area contributed by atoms with Gasteiger partial charge in [0.25, 0.3) is 0 Å². The lowest BCUT2D eigenvalue weighted by atomic mass is 9.95. The fourth-order valence-electron chi connectivity index (χ4n) is 2.38. The molecule has 1 unspecified atom stereocenters. The monoisotopic (exact) mass is 295 g/mol. The molecule has 1 atom stereocenters. The van der Waals surface area contributed by atoms with Gasteiger partial charge >= 0.3 is 0 Å². The van der Waals surface area contributed by atoms with Crippen molar-refractivity contribution < 1.29 is 5.11 Å². The molecule has 3 heteroatoms. The van der Waals surface area contributed by atoms with Crippen LogP contribution in [0.15, 0.2) is 30.3 Å². The Bertz CT molecular complexity index is 355. The van der Waals surface area contributed by atoms with Gasteiger partial charge in [-0.15, -0.1) is 0 Å². The van der Waals surface area contributed by atoms with Crippen molar-refractivity contribution >= 4 is 11.8 Å². The first-order chi connectivity index (χ1) is 9.56. The van der Waals surface area contributed by atoms with Crippen LogP contribution in [0.5, 0.6) is 0 Å². The predicted molar refractivity (Wildman–Crippen MR) is 90.2 cm³/mol. The maximum atomic E-state index is 9.52. The maximum absolute atomic E-state index is 9.52. The molecule has 0 aliphatic heterocycles. The van der Waals surface area contributed by atoms with E-state index in [4.69, 9.17) is 0 Å². The summed E-state index contributed by atoms with van der Waals surface area (Å²) in [7, 11) is 0. The number of thioether (sulfide) groups is 1. The van der Waals surface area contributed by atoms with Crippen LogP contribution < -0.4 is 5.32 Å². The van der Waals surface area contributed by atoms with Crippen LogP contribution in [0.3, 0.4) is 0 Å². The molecule has 0 saturated heterocycles. The molecule has 0 bridgehead atoms. The average Bonchev–Trinajstić information content (AvgIpc) is 2.43. The molecule has 0 radical (unpaired) electrons. The van der Waals surface area contributed by atoms with Crippen LogP contribution in [0.25, 0.3) is 0 Å². The third kappa shape index (κ3) is 7.32. The summed E-state index contributed by atoms with van der Waals surface area (Å²) in [6.07, 6.45) is 3.42. The number of nitrogens with one attached hydrogen (secondary N) is 1. The molecular formula is C17H29NOS. The van der Waals surface area contributed by atoms with Gasteiger partial charge in [-0.3, -0.25) is 0 Å². The molecule has 2 nitrogen and oxygen atoms in total. The molecule has 20 heavy (non-hydrogen) atoms. The summed E-state index contributed by atoms with van der Waals surface area (Å²) in [5, 5.41) is 13.0. The van der Waals surface area contributed by atoms with E-state index in [2.05, 4.69) is 56.4 Å². The zero-order valence-electron chi connectivity index (χ0n) is 13.1. The summed E-state index contributed by atoms with van der Waals surface area (Å²) in [5.41, 5.74) is 1.28. The second kappa shape index (κ2) is 9.43. The zero-order valence-corrected chi connectivity index (χ0v) is 13.9. The molecule has 1 rings (SSSR count). The Morgan fingerprint density at radius 3 is 2.50 bits per heavy atom. The Balaban J connectivity index is 2.12. The minimum atomic E-state index is -0.127. The molecule has 0 heterocycles. The first-order valence-electron chi connectivity index (χ1n) is 7.56. The van der Waals surface area contributed by atoms with Crippen molar-refractivity contribution in [3.8, 4) is 0 Å². The lowest BCUT2D eigenvalue weighted by Crippen LogP contribution is -2.49. The molecular weight excluding hydrogens is 266 g/mol. The molecule has 2 N–H and O–H groups in total. The van der Waals surface area contributed by atoms with Gasteiger partial charge in [-0.05, 0) is 31.1 Å². The van der Waals surface area contributed by atoms with Gasteiger partial charge in [0.1, 0.15) is 0 Å². The largest absolute Gasteiger partial charge is 0.394 e. The Kier molecular flexibility index (Phi) is 8.27. The zero-order chi connectivity index (χ0) is 14.8. The first kappa shape index (κ1) is 17.5. The van der Waals surface area contributed by atoms with Crippen LogP contribution in [0, 0.1) is 0 Å². The van der Waals surface area contributed by atoms with Gasteiger partial charge in [-0.25, -0.2) is 0 Å². The number of unbranched alkanes of at least 4 members (excludes halogenated alkanes) is 1. The van der Waals surface area contributed by atoms with Crippen LogP contribution in [-0.4, -0.2) is 29.0 Å². The molecule has 0 amide bonds. The minimum absolute atomic E-state index is 0.127. The summed E-state index contributed by atoms with van der Waals surface area (Å²) in [6, 6.07) is 11.0. The van der Waals surface area contributed by atoms with Crippen molar-refractivity contribution in [3.63, 3.8) is 0 Å². The van der Waals surface area contributed by atoms with Gasteiger partial charge in [-0.2, -0.15) is 11.8 Å². The summed E-state index contributed by atoms with van der Waals surface area (Å²) in [6.45, 7) is 6.58. The summed E-state index contributed by atoms with van der Waals surface area (Å²) in [5.74, 6) is 2.29. The van der Waals surface area contributed by atoms with E-state index < -0.39 is 0 Å². The van der Waals surface area contributed by atoms with E-state index in [0.717, 1.165) is 12.2 Å². The van der Waals surface area contributed by atoms with Crippen molar-refractivity contribution in [2.75, 3.05) is 12.4 Å². The van der Waals surface area contributed by atoms with Crippen LogP contribution in [0.1, 0.15) is 45.6 Å². The average molecular weight is 295 g/mol. The van der Waals surface area contributed by atoms with E-state index in [1.54, 1.807) is 0 Å². The molecule has 0 aliphatic rings. The van der Waals surface area contributed by atoms with Crippen molar-refractivity contribution in [3.05, 3.63) is 35.9 Å². The third-order valence-corrected chi connectivity index (χ3v) is 4.48. The normalized spacial score (nSPS) is 14.4. The number of benzene rings is 1. The van der Waals surface area contributed by atoms with Crippen molar-refractivity contribution in [2.24, 2.45) is 0 Å². The minimum Gasteiger partial charge on any atom is -0.394 e. The predicted octanol–water partition coefficient (Wildman–Crippen LogP) is 3.84. The highest BCUT2D eigenvalue weighted by molar-refractivity contribution is 7.98. The molecule has 0 aliphatic carbocycles. The number of hydrogen-bond acceptors (Lipinski definition) is 3. The van der Waals surface area contributed by atoms with Crippen LogP contribution in [0.2, 0.25) is 0 Å². The molecule has 0 spiro atoms. The smallest absolute Gasteiger partial charge is 0.0610 e. The maximum Gasteiger partial charge on any atom is 0.0610 e. The Hall–Kier alpha value is -0.510. The van der Waals surface area contributed by atoms with Gasteiger partial charge in [0.2, 0.25) is 0 Å². The number of aliphatic hydroxyl groups excluding tert-OH is 1. The summed E-state index contributed by atoms with van der Waals surface area (Å²) < 4.78 is 0. The second-order valence-corrected chi connectivity index (χ2v) is 7.12. The molecule has 1 aromatic rings. The topological polar surface area (TPSA) is 32.3 Å². The van der Waals surface area contributed by atoms with Crippen molar-refractivity contribution in [1.82, 2.24) is 5.32 Å². The van der Waals surface area contributed by atoms with Gasteiger partial charge in [-0.1, -0.05) is 50.6 Å². The number of aliphatic hydroxyl groups is 1. The van der Waals surface area contributed by atoms with Gasteiger partial charge in [0, 0.05) is 17.3 Å². The Morgan fingerprint density at radius 1 is 1.20 bits per heavy atom. The van der Waals surface area contributed by atoms with E-state index in [1.165, 1.54) is 24.2 Å². The fourth-order valence-corrected chi connectivity index (χ4v) is 3.36. The second-order valence-electron chi connectivity index (χ2n) is 6.01. The summed E-state index contributed by atoms with van der Waals surface area (Å²) in [4.78, 5) is 0. The van der Waals surface area contributed by atoms with E-state index in [9.17, 15) is 5.11 Å². The fraction of sp³-hybridized carbons (Fsp3) is 0.647.